The zero-order chi connectivity index (χ0) is 17.2. The highest BCUT2D eigenvalue weighted by Crippen LogP contribution is 2.49. The summed E-state index contributed by atoms with van der Waals surface area (Å²) < 4.78 is 0. The van der Waals surface area contributed by atoms with Crippen LogP contribution in [0, 0.1) is 22.7 Å². The zero-order valence-corrected chi connectivity index (χ0v) is 14.5. The predicted octanol–water partition coefficient (Wildman–Crippen LogP) is 3.22. The second-order valence-corrected chi connectivity index (χ2v) is 7.93. The first kappa shape index (κ1) is 17.2. The van der Waals surface area contributed by atoms with Gasteiger partial charge >= 0.3 is 0 Å². The lowest BCUT2D eigenvalue weighted by Crippen LogP contribution is -2.47. The monoisotopic (exact) mass is 330 g/mol. The van der Waals surface area contributed by atoms with E-state index in [4.69, 9.17) is 11.5 Å². The van der Waals surface area contributed by atoms with E-state index in [1.807, 2.05) is 24.3 Å². The Morgan fingerprint density at radius 1 is 0.625 bits per heavy atom. The van der Waals surface area contributed by atoms with Gasteiger partial charge in [0.15, 0.2) is 0 Å². The van der Waals surface area contributed by atoms with Crippen molar-refractivity contribution < 1.29 is 9.59 Å². The summed E-state index contributed by atoms with van der Waals surface area (Å²) in [4.78, 5) is 24.7. The van der Waals surface area contributed by atoms with Gasteiger partial charge in [0.05, 0.1) is 10.8 Å². The first-order valence-corrected chi connectivity index (χ1v) is 9.52. The first-order chi connectivity index (χ1) is 11.5. The van der Waals surface area contributed by atoms with Crippen LogP contribution in [0.2, 0.25) is 0 Å². The molecule has 4 heteroatoms. The van der Waals surface area contributed by atoms with Crippen LogP contribution in [-0.2, 0) is 9.59 Å². The van der Waals surface area contributed by atoms with E-state index in [0.717, 1.165) is 51.4 Å². The van der Waals surface area contributed by atoms with Crippen molar-refractivity contribution in [3.8, 4) is 0 Å². The zero-order valence-electron chi connectivity index (χ0n) is 14.5. The summed E-state index contributed by atoms with van der Waals surface area (Å²) in [5.74, 6) is -0.116. The van der Waals surface area contributed by atoms with E-state index in [2.05, 4.69) is 0 Å². The van der Waals surface area contributed by atoms with Crippen molar-refractivity contribution in [1.29, 1.82) is 0 Å². The molecule has 0 aromatic rings. The van der Waals surface area contributed by atoms with Crippen LogP contribution >= 0.6 is 0 Å². The molecule has 0 bridgehead atoms. The van der Waals surface area contributed by atoms with E-state index >= 15 is 0 Å². The van der Waals surface area contributed by atoms with Crippen LogP contribution in [-0.4, -0.2) is 11.8 Å². The fourth-order valence-electron chi connectivity index (χ4n) is 5.10. The summed E-state index contributed by atoms with van der Waals surface area (Å²) in [6.07, 6.45) is 18.8. The molecule has 3 aliphatic rings. The third-order valence-corrected chi connectivity index (χ3v) is 6.68. The Hall–Kier alpha value is -1.58. The van der Waals surface area contributed by atoms with Crippen molar-refractivity contribution >= 4 is 11.8 Å². The lowest BCUT2D eigenvalue weighted by Gasteiger charge is -2.43. The first-order valence-electron chi connectivity index (χ1n) is 9.52. The molecule has 4 N–H and O–H groups in total. The van der Waals surface area contributed by atoms with Crippen molar-refractivity contribution in [2.24, 2.45) is 34.1 Å². The van der Waals surface area contributed by atoms with E-state index in [0.29, 0.717) is 0 Å². The molecule has 132 valence electrons. The highest BCUT2D eigenvalue weighted by atomic mass is 16.2. The van der Waals surface area contributed by atoms with Gasteiger partial charge < -0.3 is 11.5 Å². The summed E-state index contributed by atoms with van der Waals surface area (Å²) in [7, 11) is 0. The molecule has 0 atom stereocenters. The second kappa shape index (κ2) is 6.73. The van der Waals surface area contributed by atoms with E-state index in [9.17, 15) is 9.59 Å². The number of carbonyl (C=O) groups is 2. The van der Waals surface area contributed by atoms with Gasteiger partial charge in [-0.15, -0.1) is 0 Å². The van der Waals surface area contributed by atoms with Crippen LogP contribution in [0.3, 0.4) is 0 Å². The van der Waals surface area contributed by atoms with Gasteiger partial charge in [0.25, 0.3) is 0 Å². The third kappa shape index (κ3) is 2.80. The Morgan fingerprint density at radius 3 is 1.17 bits per heavy atom. The van der Waals surface area contributed by atoms with Crippen LogP contribution in [0.1, 0.15) is 64.2 Å². The highest BCUT2D eigenvalue weighted by Gasteiger charge is 2.48. The Balaban J connectivity index is 1.92. The van der Waals surface area contributed by atoms with Gasteiger partial charge in [0, 0.05) is 0 Å². The minimum atomic E-state index is -0.742. The smallest absolute Gasteiger partial charge is 0.231 e. The lowest BCUT2D eigenvalue weighted by molar-refractivity contribution is -0.128. The standard InChI is InChI=1S/C20H30N2O2/c21-17(23)19(15-7-3-1-4-8-15)11-13-20(14-12-19,18(22)24)16-9-5-2-6-10-16/h11-16H,1-10H2,(H2,21,23)(H2,22,24). The number of amides is 2. The normalized spacial score (nSPS) is 35.0. The van der Waals surface area contributed by atoms with Crippen LogP contribution in [0.5, 0.6) is 0 Å². The molecule has 4 nitrogen and oxygen atoms in total. The molecule has 0 spiro atoms. The average molecular weight is 330 g/mol. The van der Waals surface area contributed by atoms with Crippen LogP contribution in [0.4, 0.5) is 0 Å². The molecule has 0 saturated heterocycles. The molecule has 0 unspecified atom stereocenters. The molecule has 2 amide bonds. The second-order valence-electron chi connectivity index (χ2n) is 7.93. The number of rotatable bonds is 4. The van der Waals surface area contributed by atoms with Crippen LogP contribution in [0.25, 0.3) is 0 Å². The molecule has 0 heterocycles. The van der Waals surface area contributed by atoms with E-state index < -0.39 is 10.8 Å². The SMILES string of the molecule is NC(=O)C1(C2CCCCC2)C=CC(C(N)=O)(C2CCCCC2)C=C1. The molecule has 3 aliphatic carbocycles. The van der Waals surface area contributed by atoms with Gasteiger partial charge in [0.2, 0.25) is 11.8 Å². The molecule has 2 saturated carbocycles. The fraction of sp³-hybridized carbons (Fsp3) is 0.700. The highest BCUT2D eigenvalue weighted by molar-refractivity contribution is 5.90. The van der Waals surface area contributed by atoms with Gasteiger partial charge in [-0.25, -0.2) is 0 Å². The van der Waals surface area contributed by atoms with E-state index in [-0.39, 0.29) is 23.7 Å². The number of carbonyl (C=O) groups excluding carboxylic acids is 2. The predicted molar refractivity (Wildman–Crippen MR) is 94.7 cm³/mol. The maximum atomic E-state index is 12.3. The number of nitrogens with two attached hydrogens (primary N) is 2. The van der Waals surface area contributed by atoms with Gasteiger partial charge in [-0.1, -0.05) is 62.8 Å². The maximum Gasteiger partial charge on any atom is 0.231 e. The largest absolute Gasteiger partial charge is 0.369 e. The molecule has 0 radical (unpaired) electrons. The molecule has 24 heavy (non-hydrogen) atoms. The summed E-state index contributed by atoms with van der Waals surface area (Å²) in [5, 5.41) is 0. The van der Waals surface area contributed by atoms with Gasteiger partial charge in [-0.05, 0) is 37.5 Å². The summed E-state index contributed by atoms with van der Waals surface area (Å²) in [5.41, 5.74) is 10.2. The number of hydrogen-bond donors (Lipinski definition) is 2. The minimum Gasteiger partial charge on any atom is -0.369 e. The molecule has 0 aliphatic heterocycles. The summed E-state index contributed by atoms with van der Waals surface area (Å²) >= 11 is 0. The molecular formula is C20H30N2O2. The van der Waals surface area contributed by atoms with Crippen molar-refractivity contribution in [3.05, 3.63) is 24.3 Å². The Kier molecular flexibility index (Phi) is 4.84. The maximum absolute atomic E-state index is 12.3. The fourth-order valence-corrected chi connectivity index (χ4v) is 5.10. The minimum absolute atomic E-state index is 0.244. The van der Waals surface area contributed by atoms with Crippen molar-refractivity contribution in [1.82, 2.24) is 0 Å². The van der Waals surface area contributed by atoms with E-state index in [1.54, 1.807) is 0 Å². The van der Waals surface area contributed by atoms with E-state index in [1.165, 1.54) is 12.8 Å². The van der Waals surface area contributed by atoms with Crippen LogP contribution in [0.15, 0.2) is 24.3 Å². The van der Waals surface area contributed by atoms with Gasteiger partial charge in [-0.3, -0.25) is 9.59 Å². The van der Waals surface area contributed by atoms with Crippen LogP contribution < -0.4 is 11.5 Å². The summed E-state index contributed by atoms with van der Waals surface area (Å²) in [6, 6.07) is 0. The Bertz CT molecular complexity index is 490. The lowest BCUT2D eigenvalue weighted by atomic mass is 9.60. The topological polar surface area (TPSA) is 86.2 Å². The number of primary amides is 2. The quantitative estimate of drug-likeness (QED) is 0.775. The molecule has 2 fully saturated rings. The molecule has 0 aromatic carbocycles. The van der Waals surface area contributed by atoms with Gasteiger partial charge in [-0.2, -0.15) is 0 Å². The third-order valence-electron chi connectivity index (χ3n) is 6.68. The molecular weight excluding hydrogens is 300 g/mol. The van der Waals surface area contributed by atoms with Crippen molar-refractivity contribution in [3.63, 3.8) is 0 Å². The summed E-state index contributed by atoms with van der Waals surface area (Å²) in [6.45, 7) is 0. The average Bonchev–Trinajstić information content (AvgIpc) is 2.63. The molecule has 3 rings (SSSR count). The molecule has 0 aromatic heterocycles. The number of hydrogen-bond acceptors (Lipinski definition) is 2. The van der Waals surface area contributed by atoms with Crippen molar-refractivity contribution in [2.45, 2.75) is 64.2 Å². The van der Waals surface area contributed by atoms with Gasteiger partial charge in [0.1, 0.15) is 0 Å². The van der Waals surface area contributed by atoms with Crippen molar-refractivity contribution in [2.75, 3.05) is 0 Å². The Labute approximate surface area is 144 Å². The Morgan fingerprint density at radius 2 is 0.917 bits per heavy atom.